The highest BCUT2D eigenvalue weighted by atomic mass is 16.5. The van der Waals surface area contributed by atoms with Crippen LogP contribution in [0.5, 0.6) is 11.5 Å². The van der Waals surface area contributed by atoms with Gasteiger partial charge in [-0.25, -0.2) is 0 Å². The molecule has 0 radical (unpaired) electrons. The van der Waals surface area contributed by atoms with Crippen molar-refractivity contribution in [1.29, 1.82) is 0 Å². The van der Waals surface area contributed by atoms with Gasteiger partial charge in [-0.1, -0.05) is 37.6 Å². The van der Waals surface area contributed by atoms with Gasteiger partial charge in [0, 0.05) is 24.2 Å². The molecule has 1 amide bonds. The molecular formula is C27H34N2O4. The van der Waals surface area contributed by atoms with Crippen LogP contribution in [0.1, 0.15) is 43.7 Å². The third kappa shape index (κ3) is 5.40. The summed E-state index contributed by atoms with van der Waals surface area (Å²) >= 11 is 0. The lowest BCUT2D eigenvalue weighted by Gasteiger charge is -2.52. The lowest BCUT2D eigenvalue weighted by Crippen LogP contribution is -2.56. The zero-order chi connectivity index (χ0) is 23.3. The van der Waals surface area contributed by atoms with Crippen LogP contribution in [0.2, 0.25) is 0 Å². The Kier molecular flexibility index (Phi) is 7.36. The number of ether oxygens (including phenoxy) is 2. The van der Waals surface area contributed by atoms with Crippen LogP contribution in [0.4, 0.5) is 5.69 Å². The van der Waals surface area contributed by atoms with Crippen LogP contribution in [0.15, 0.2) is 61.2 Å². The van der Waals surface area contributed by atoms with E-state index in [2.05, 4.69) is 28.9 Å². The molecule has 2 aromatic rings. The SMILES string of the molecule is C=CCOc1ccc([C@@H]2[C@H]3CCCC[C@]3(O)CCN2CC(=O)Nc2ccc(OC)cc2)cc1. The largest absolute Gasteiger partial charge is 0.497 e. The molecule has 0 aromatic heterocycles. The molecule has 2 aromatic carbocycles. The Balaban J connectivity index is 1.53. The molecule has 6 heteroatoms. The van der Waals surface area contributed by atoms with Gasteiger partial charge in [0.15, 0.2) is 0 Å². The number of amides is 1. The number of carbonyl (C=O) groups is 1. The summed E-state index contributed by atoms with van der Waals surface area (Å²) in [7, 11) is 1.62. The Morgan fingerprint density at radius 1 is 1.15 bits per heavy atom. The van der Waals surface area contributed by atoms with Crippen molar-refractivity contribution in [2.75, 3.05) is 32.1 Å². The Morgan fingerprint density at radius 2 is 1.88 bits per heavy atom. The van der Waals surface area contributed by atoms with Crippen LogP contribution in [0.25, 0.3) is 0 Å². The molecule has 2 fully saturated rings. The van der Waals surface area contributed by atoms with E-state index in [0.717, 1.165) is 48.4 Å². The Hall–Kier alpha value is -2.83. The third-order valence-corrected chi connectivity index (χ3v) is 6.98. The fourth-order valence-corrected chi connectivity index (χ4v) is 5.34. The maximum atomic E-state index is 12.9. The van der Waals surface area contributed by atoms with Crippen molar-refractivity contribution >= 4 is 11.6 Å². The highest BCUT2D eigenvalue weighted by Crippen LogP contribution is 2.49. The van der Waals surface area contributed by atoms with E-state index in [1.54, 1.807) is 13.2 Å². The summed E-state index contributed by atoms with van der Waals surface area (Å²) in [5, 5.41) is 14.5. The number of benzene rings is 2. The second kappa shape index (κ2) is 10.4. The first-order valence-corrected chi connectivity index (χ1v) is 11.8. The van der Waals surface area contributed by atoms with Gasteiger partial charge in [0.1, 0.15) is 18.1 Å². The maximum Gasteiger partial charge on any atom is 0.238 e. The molecule has 1 aliphatic carbocycles. The molecule has 176 valence electrons. The first-order valence-electron chi connectivity index (χ1n) is 11.8. The predicted octanol–water partition coefficient (Wildman–Crippen LogP) is 4.57. The number of hydrogen-bond acceptors (Lipinski definition) is 5. The molecule has 2 N–H and O–H groups in total. The molecule has 1 heterocycles. The van der Waals surface area contributed by atoms with Crippen LogP contribution in [-0.2, 0) is 4.79 Å². The van der Waals surface area contributed by atoms with Gasteiger partial charge in [0.2, 0.25) is 5.91 Å². The van der Waals surface area contributed by atoms with Gasteiger partial charge in [0.05, 0.1) is 19.3 Å². The second-order valence-electron chi connectivity index (χ2n) is 9.07. The molecule has 0 spiro atoms. The van der Waals surface area contributed by atoms with Crippen molar-refractivity contribution in [3.05, 3.63) is 66.7 Å². The van der Waals surface area contributed by atoms with E-state index in [1.807, 2.05) is 36.4 Å². The zero-order valence-corrected chi connectivity index (χ0v) is 19.3. The van der Waals surface area contributed by atoms with E-state index >= 15 is 0 Å². The third-order valence-electron chi connectivity index (χ3n) is 6.98. The minimum Gasteiger partial charge on any atom is -0.497 e. The van der Waals surface area contributed by atoms with E-state index in [1.165, 1.54) is 0 Å². The van der Waals surface area contributed by atoms with Gasteiger partial charge in [0.25, 0.3) is 0 Å². The smallest absolute Gasteiger partial charge is 0.238 e. The number of rotatable bonds is 8. The molecule has 1 saturated heterocycles. The average Bonchev–Trinajstić information content (AvgIpc) is 2.83. The maximum absolute atomic E-state index is 12.9. The van der Waals surface area contributed by atoms with E-state index in [9.17, 15) is 9.90 Å². The monoisotopic (exact) mass is 450 g/mol. The lowest BCUT2D eigenvalue weighted by atomic mass is 9.66. The summed E-state index contributed by atoms with van der Waals surface area (Å²) < 4.78 is 10.8. The summed E-state index contributed by atoms with van der Waals surface area (Å²) in [6.45, 7) is 5.11. The van der Waals surface area contributed by atoms with Gasteiger partial charge in [-0.05, 0) is 61.2 Å². The van der Waals surface area contributed by atoms with Gasteiger partial charge in [-0.2, -0.15) is 0 Å². The molecule has 6 nitrogen and oxygen atoms in total. The zero-order valence-electron chi connectivity index (χ0n) is 19.3. The summed E-state index contributed by atoms with van der Waals surface area (Å²) in [4.78, 5) is 15.2. The number of likely N-dealkylation sites (tertiary alicyclic amines) is 1. The number of anilines is 1. The number of hydrogen-bond donors (Lipinski definition) is 2. The van der Waals surface area contributed by atoms with E-state index < -0.39 is 5.60 Å². The highest BCUT2D eigenvalue weighted by molar-refractivity contribution is 5.92. The minimum absolute atomic E-state index is 0.0147. The second-order valence-corrected chi connectivity index (χ2v) is 9.07. The number of carbonyl (C=O) groups excluding carboxylic acids is 1. The Labute approximate surface area is 196 Å². The number of nitrogens with one attached hydrogen (secondary N) is 1. The summed E-state index contributed by atoms with van der Waals surface area (Å²) in [5.74, 6) is 1.59. The fraction of sp³-hybridized carbons (Fsp3) is 0.444. The van der Waals surface area contributed by atoms with Crippen molar-refractivity contribution < 1.29 is 19.4 Å². The van der Waals surface area contributed by atoms with E-state index in [0.29, 0.717) is 19.6 Å². The van der Waals surface area contributed by atoms with Crippen molar-refractivity contribution in [2.45, 2.75) is 43.7 Å². The predicted molar refractivity (Wildman–Crippen MR) is 130 cm³/mol. The molecule has 33 heavy (non-hydrogen) atoms. The van der Waals surface area contributed by atoms with Crippen LogP contribution >= 0.6 is 0 Å². The van der Waals surface area contributed by atoms with E-state index in [4.69, 9.17) is 9.47 Å². The van der Waals surface area contributed by atoms with Crippen LogP contribution in [0.3, 0.4) is 0 Å². The van der Waals surface area contributed by atoms with Crippen molar-refractivity contribution in [3.8, 4) is 11.5 Å². The van der Waals surface area contributed by atoms with E-state index in [-0.39, 0.29) is 24.4 Å². The molecular weight excluding hydrogens is 416 g/mol. The summed E-state index contributed by atoms with van der Waals surface area (Å²) in [6, 6.07) is 15.4. The van der Waals surface area contributed by atoms with Crippen LogP contribution in [0, 0.1) is 5.92 Å². The number of fused-ring (bicyclic) bond motifs is 1. The number of nitrogens with zero attached hydrogens (tertiary/aromatic N) is 1. The Morgan fingerprint density at radius 3 is 2.58 bits per heavy atom. The molecule has 1 saturated carbocycles. The summed E-state index contributed by atoms with van der Waals surface area (Å²) in [6.07, 6.45) is 6.39. The molecule has 0 bridgehead atoms. The average molecular weight is 451 g/mol. The highest BCUT2D eigenvalue weighted by Gasteiger charge is 2.49. The van der Waals surface area contributed by atoms with Gasteiger partial charge >= 0.3 is 0 Å². The molecule has 4 rings (SSSR count). The summed E-state index contributed by atoms with van der Waals surface area (Å²) in [5.41, 5.74) is 1.19. The Bertz CT molecular complexity index is 944. The minimum atomic E-state index is -0.663. The molecule has 1 aliphatic heterocycles. The van der Waals surface area contributed by atoms with Crippen LogP contribution in [-0.4, -0.2) is 48.3 Å². The standard InChI is InChI=1S/C27H34N2O4/c1-3-18-33-23-11-7-20(8-12-23)26-24-6-4-5-15-27(24,31)16-17-29(26)19-25(30)28-21-9-13-22(32-2)14-10-21/h3,7-14,24,26,31H,1,4-6,15-19H2,2H3,(H,28,30)/t24-,26-,27+/m1/s1. The molecule has 3 atom stereocenters. The van der Waals surface area contributed by atoms with Crippen molar-refractivity contribution in [1.82, 2.24) is 4.90 Å². The lowest BCUT2D eigenvalue weighted by molar-refractivity contribution is -0.135. The first-order chi connectivity index (χ1) is 16.0. The van der Waals surface area contributed by atoms with Gasteiger partial charge < -0.3 is 19.9 Å². The van der Waals surface area contributed by atoms with Gasteiger partial charge in [-0.15, -0.1) is 0 Å². The quantitative estimate of drug-likeness (QED) is 0.577. The number of piperidine rings is 1. The first kappa shape index (κ1) is 23.3. The number of aliphatic hydroxyl groups is 1. The fourth-order valence-electron chi connectivity index (χ4n) is 5.34. The van der Waals surface area contributed by atoms with Crippen molar-refractivity contribution in [3.63, 3.8) is 0 Å². The van der Waals surface area contributed by atoms with Gasteiger partial charge in [-0.3, -0.25) is 9.69 Å². The topological polar surface area (TPSA) is 71.0 Å². The van der Waals surface area contributed by atoms with Crippen molar-refractivity contribution in [2.24, 2.45) is 5.92 Å². The number of methoxy groups -OCH3 is 1. The molecule has 0 unspecified atom stereocenters. The van der Waals surface area contributed by atoms with Crippen LogP contribution < -0.4 is 14.8 Å². The molecule has 2 aliphatic rings. The normalized spacial score (nSPS) is 25.0.